The van der Waals surface area contributed by atoms with E-state index in [9.17, 15) is 4.79 Å². The van der Waals surface area contributed by atoms with Crippen molar-refractivity contribution in [2.75, 3.05) is 25.6 Å². The fraction of sp³-hybridized carbons (Fsp3) is 0.417. The van der Waals surface area contributed by atoms with E-state index in [1.165, 1.54) is 7.11 Å². The first-order valence-corrected chi connectivity index (χ1v) is 6.00. The Hall–Kier alpha value is -1.69. The molecule has 0 saturated carbocycles. The van der Waals surface area contributed by atoms with Crippen LogP contribution in [-0.4, -0.2) is 36.6 Å². The molecule has 6 heteroatoms. The van der Waals surface area contributed by atoms with Crippen molar-refractivity contribution < 1.29 is 9.53 Å². The summed E-state index contributed by atoms with van der Waals surface area (Å²) in [5, 5.41) is 0. The number of esters is 1. The number of carbonyl (C=O) groups is 1. The molecule has 18 heavy (non-hydrogen) atoms. The molecule has 0 saturated heterocycles. The Morgan fingerprint density at radius 2 is 2.33 bits per heavy atom. The van der Waals surface area contributed by atoms with Crippen LogP contribution in [0.2, 0.25) is 0 Å². The van der Waals surface area contributed by atoms with Gasteiger partial charge in [-0.1, -0.05) is 12.2 Å². The molecule has 1 aromatic rings. The lowest BCUT2D eigenvalue weighted by Crippen LogP contribution is -2.24. The van der Waals surface area contributed by atoms with E-state index >= 15 is 0 Å². The standard InChI is InChI=1S/C12H17N3O2S/c1-15(8-4-6-10(16)17-2)12-9(11(13)18)5-3-7-14-12/h3,5,7H,4,6,8H2,1-2H3,(H2,13,18). The smallest absolute Gasteiger partial charge is 0.305 e. The number of hydrogen-bond donors (Lipinski definition) is 1. The number of rotatable bonds is 6. The summed E-state index contributed by atoms with van der Waals surface area (Å²) in [5.41, 5.74) is 6.39. The quantitative estimate of drug-likeness (QED) is 0.615. The number of thiocarbonyl (C=S) groups is 1. The monoisotopic (exact) mass is 267 g/mol. The largest absolute Gasteiger partial charge is 0.469 e. The number of nitrogens with two attached hydrogens (primary N) is 1. The van der Waals surface area contributed by atoms with Crippen LogP contribution in [0, 0.1) is 0 Å². The van der Waals surface area contributed by atoms with Crippen LogP contribution in [0.5, 0.6) is 0 Å². The van der Waals surface area contributed by atoms with Crippen molar-refractivity contribution in [3.63, 3.8) is 0 Å². The van der Waals surface area contributed by atoms with Crippen LogP contribution < -0.4 is 10.6 Å². The maximum absolute atomic E-state index is 11.0. The second-order valence-corrected chi connectivity index (χ2v) is 4.28. The molecule has 0 fully saturated rings. The number of ether oxygens (including phenoxy) is 1. The fourth-order valence-electron chi connectivity index (χ4n) is 1.56. The maximum Gasteiger partial charge on any atom is 0.305 e. The van der Waals surface area contributed by atoms with Gasteiger partial charge in [0.2, 0.25) is 0 Å². The predicted molar refractivity (Wildman–Crippen MR) is 74.6 cm³/mol. The molecule has 0 amide bonds. The van der Waals surface area contributed by atoms with Crippen LogP contribution in [0.4, 0.5) is 5.82 Å². The summed E-state index contributed by atoms with van der Waals surface area (Å²) in [6, 6.07) is 3.63. The van der Waals surface area contributed by atoms with Crippen LogP contribution in [-0.2, 0) is 9.53 Å². The number of anilines is 1. The zero-order valence-electron chi connectivity index (χ0n) is 10.5. The van der Waals surface area contributed by atoms with Crippen molar-refractivity contribution in [1.82, 2.24) is 4.98 Å². The van der Waals surface area contributed by atoms with Crippen molar-refractivity contribution in [2.24, 2.45) is 5.73 Å². The summed E-state index contributed by atoms with van der Waals surface area (Å²) in [6.45, 7) is 0.682. The zero-order chi connectivity index (χ0) is 13.5. The minimum Gasteiger partial charge on any atom is -0.469 e. The maximum atomic E-state index is 11.0. The van der Waals surface area contributed by atoms with E-state index < -0.39 is 0 Å². The van der Waals surface area contributed by atoms with Gasteiger partial charge in [0, 0.05) is 26.2 Å². The van der Waals surface area contributed by atoms with E-state index in [2.05, 4.69) is 9.72 Å². The lowest BCUT2D eigenvalue weighted by molar-refractivity contribution is -0.140. The molecule has 1 aromatic heterocycles. The van der Waals surface area contributed by atoms with Gasteiger partial charge in [0.05, 0.1) is 12.7 Å². The predicted octanol–water partition coefficient (Wildman–Crippen LogP) is 1.11. The van der Waals surface area contributed by atoms with Gasteiger partial charge in [-0.3, -0.25) is 4.79 Å². The van der Waals surface area contributed by atoms with Gasteiger partial charge in [-0.05, 0) is 18.6 Å². The van der Waals surface area contributed by atoms with Gasteiger partial charge in [-0.25, -0.2) is 4.98 Å². The molecule has 0 aliphatic rings. The Morgan fingerprint density at radius 3 is 2.94 bits per heavy atom. The molecule has 0 atom stereocenters. The summed E-state index contributed by atoms with van der Waals surface area (Å²) in [4.78, 5) is 17.5. The molecule has 0 aliphatic carbocycles. The van der Waals surface area contributed by atoms with Crippen molar-refractivity contribution in [3.05, 3.63) is 23.9 Å². The molecule has 1 rings (SSSR count). The first-order valence-electron chi connectivity index (χ1n) is 5.59. The lowest BCUT2D eigenvalue weighted by Gasteiger charge is -2.20. The number of hydrogen-bond acceptors (Lipinski definition) is 5. The highest BCUT2D eigenvalue weighted by molar-refractivity contribution is 7.80. The normalized spacial score (nSPS) is 9.89. The van der Waals surface area contributed by atoms with E-state index in [4.69, 9.17) is 18.0 Å². The van der Waals surface area contributed by atoms with E-state index in [1.54, 1.807) is 12.3 Å². The summed E-state index contributed by atoms with van der Waals surface area (Å²) >= 11 is 4.98. The SMILES string of the molecule is COC(=O)CCCN(C)c1ncccc1C(N)=S. The van der Waals surface area contributed by atoms with Crippen LogP contribution in [0.25, 0.3) is 0 Å². The van der Waals surface area contributed by atoms with Gasteiger partial charge in [0.25, 0.3) is 0 Å². The van der Waals surface area contributed by atoms with E-state index in [-0.39, 0.29) is 5.97 Å². The lowest BCUT2D eigenvalue weighted by atomic mass is 10.2. The molecule has 98 valence electrons. The van der Waals surface area contributed by atoms with Crippen molar-refractivity contribution in [2.45, 2.75) is 12.8 Å². The van der Waals surface area contributed by atoms with Crippen LogP contribution in [0.3, 0.4) is 0 Å². The van der Waals surface area contributed by atoms with E-state index in [0.717, 1.165) is 11.4 Å². The van der Waals surface area contributed by atoms with Gasteiger partial charge in [-0.2, -0.15) is 0 Å². The topological polar surface area (TPSA) is 68.5 Å². The molecule has 0 aromatic carbocycles. The van der Waals surface area contributed by atoms with E-state index in [0.29, 0.717) is 24.4 Å². The first-order chi connectivity index (χ1) is 8.56. The van der Waals surface area contributed by atoms with Crippen molar-refractivity contribution in [3.8, 4) is 0 Å². The number of pyridine rings is 1. The molecule has 0 bridgehead atoms. The van der Waals surface area contributed by atoms with Crippen LogP contribution in [0.15, 0.2) is 18.3 Å². The highest BCUT2D eigenvalue weighted by Crippen LogP contribution is 2.16. The van der Waals surface area contributed by atoms with Gasteiger partial charge in [0.1, 0.15) is 10.8 Å². The Morgan fingerprint density at radius 1 is 1.61 bits per heavy atom. The highest BCUT2D eigenvalue weighted by Gasteiger charge is 2.11. The molecule has 0 unspecified atom stereocenters. The van der Waals surface area contributed by atoms with Crippen LogP contribution in [0.1, 0.15) is 18.4 Å². The Bertz CT molecular complexity index is 437. The number of nitrogens with zero attached hydrogens (tertiary/aromatic N) is 2. The zero-order valence-corrected chi connectivity index (χ0v) is 11.4. The minimum absolute atomic E-state index is 0.209. The average Bonchev–Trinajstić information content (AvgIpc) is 2.38. The number of aromatic nitrogens is 1. The Labute approximate surface area is 112 Å². The summed E-state index contributed by atoms with van der Waals surface area (Å²) in [5.74, 6) is 0.522. The van der Waals surface area contributed by atoms with Crippen molar-refractivity contribution in [1.29, 1.82) is 0 Å². The van der Waals surface area contributed by atoms with Gasteiger partial charge < -0.3 is 15.4 Å². The van der Waals surface area contributed by atoms with Gasteiger partial charge >= 0.3 is 5.97 Å². The molecular formula is C12H17N3O2S. The second kappa shape index (κ2) is 6.90. The third-order valence-electron chi connectivity index (χ3n) is 2.52. The minimum atomic E-state index is -0.209. The van der Waals surface area contributed by atoms with Gasteiger partial charge in [0.15, 0.2) is 0 Å². The summed E-state index contributed by atoms with van der Waals surface area (Å²) in [6.07, 6.45) is 2.76. The highest BCUT2D eigenvalue weighted by atomic mass is 32.1. The third kappa shape index (κ3) is 3.96. The van der Waals surface area contributed by atoms with Crippen LogP contribution >= 0.6 is 12.2 Å². The molecular weight excluding hydrogens is 250 g/mol. The molecule has 5 nitrogen and oxygen atoms in total. The fourth-order valence-corrected chi connectivity index (χ4v) is 1.72. The Balaban J connectivity index is 2.64. The molecule has 0 radical (unpaired) electrons. The first kappa shape index (κ1) is 14.4. The molecule has 0 aliphatic heterocycles. The average molecular weight is 267 g/mol. The summed E-state index contributed by atoms with van der Waals surface area (Å²) < 4.78 is 4.59. The van der Waals surface area contributed by atoms with Gasteiger partial charge in [-0.15, -0.1) is 0 Å². The third-order valence-corrected chi connectivity index (χ3v) is 2.74. The van der Waals surface area contributed by atoms with E-state index in [1.807, 2.05) is 18.0 Å². The van der Waals surface area contributed by atoms with Crippen molar-refractivity contribution >= 4 is 29.0 Å². The Kier molecular flexibility index (Phi) is 5.51. The molecule has 1 heterocycles. The summed E-state index contributed by atoms with van der Waals surface area (Å²) in [7, 11) is 3.27. The molecule has 0 spiro atoms. The molecule has 2 N–H and O–H groups in total. The second-order valence-electron chi connectivity index (χ2n) is 3.84. The number of carbonyl (C=O) groups excluding carboxylic acids is 1. The number of methoxy groups -OCH3 is 1.